The summed E-state index contributed by atoms with van der Waals surface area (Å²) in [6.07, 6.45) is 1.49. The Balaban J connectivity index is 2.28. The minimum absolute atomic E-state index is 0.0283. The lowest BCUT2D eigenvalue weighted by atomic mass is 10.1. The number of carbonyl (C=O) groups is 1. The van der Waals surface area contributed by atoms with E-state index in [1.165, 1.54) is 6.08 Å². The second-order valence-corrected chi connectivity index (χ2v) is 7.41. The van der Waals surface area contributed by atoms with Crippen LogP contribution in [0.3, 0.4) is 0 Å². The number of anilines is 1. The highest BCUT2D eigenvalue weighted by atomic mass is 79.9. The van der Waals surface area contributed by atoms with Crippen molar-refractivity contribution in [3.63, 3.8) is 0 Å². The molecule has 0 bridgehead atoms. The number of amides is 1. The lowest BCUT2D eigenvalue weighted by Gasteiger charge is -2.10. The number of halogens is 2. The molecule has 7 heteroatoms. The van der Waals surface area contributed by atoms with Crippen LogP contribution >= 0.6 is 31.9 Å². The smallest absolute Gasteiger partial charge is 0.266 e. The van der Waals surface area contributed by atoms with Crippen molar-refractivity contribution in [1.82, 2.24) is 0 Å². The van der Waals surface area contributed by atoms with E-state index in [2.05, 4.69) is 37.2 Å². The molecule has 2 rings (SSSR count). The number of hydrogen-bond acceptors (Lipinski definition) is 4. The Labute approximate surface area is 174 Å². The Morgan fingerprint density at radius 3 is 2.41 bits per heavy atom. The van der Waals surface area contributed by atoms with E-state index < -0.39 is 5.91 Å². The molecule has 0 atom stereocenters. The van der Waals surface area contributed by atoms with Crippen LogP contribution in [-0.2, 0) is 4.79 Å². The largest absolute Gasteiger partial charge is 0.476 e. The van der Waals surface area contributed by atoms with Gasteiger partial charge in [-0.2, -0.15) is 10.5 Å². The number of nitriles is 2. The first-order valence-electron chi connectivity index (χ1n) is 7.85. The van der Waals surface area contributed by atoms with Crippen molar-refractivity contribution >= 4 is 49.5 Å². The summed E-state index contributed by atoms with van der Waals surface area (Å²) in [7, 11) is 0. The van der Waals surface area contributed by atoms with Crippen molar-refractivity contribution in [2.75, 3.05) is 11.9 Å². The third-order valence-corrected chi connectivity index (χ3v) is 4.79. The third kappa shape index (κ3) is 5.43. The van der Waals surface area contributed by atoms with Crippen molar-refractivity contribution < 1.29 is 9.53 Å². The molecule has 0 aliphatic rings. The van der Waals surface area contributed by atoms with Gasteiger partial charge in [0.05, 0.1) is 8.95 Å². The normalized spacial score (nSPS) is 10.7. The lowest BCUT2D eigenvalue weighted by molar-refractivity contribution is -0.112. The van der Waals surface area contributed by atoms with Crippen molar-refractivity contribution in [2.45, 2.75) is 13.8 Å². The summed E-state index contributed by atoms with van der Waals surface area (Å²) < 4.78 is 6.54. The summed E-state index contributed by atoms with van der Waals surface area (Å²) in [5.41, 5.74) is 3.28. The molecule has 0 radical (unpaired) electrons. The molecule has 0 aromatic heterocycles. The van der Waals surface area contributed by atoms with E-state index in [0.717, 1.165) is 11.1 Å². The molecule has 0 fully saturated rings. The quantitative estimate of drug-likeness (QED) is 0.458. The van der Waals surface area contributed by atoms with E-state index in [1.807, 2.05) is 44.2 Å². The first-order valence-corrected chi connectivity index (χ1v) is 9.43. The topological polar surface area (TPSA) is 85.9 Å². The Bertz CT molecular complexity index is 978. The summed E-state index contributed by atoms with van der Waals surface area (Å²) in [4.78, 5) is 12.5. The van der Waals surface area contributed by atoms with Crippen LogP contribution in [0.4, 0.5) is 5.69 Å². The maximum Gasteiger partial charge on any atom is 0.266 e. The molecular formula is C20H15Br2N3O2. The molecule has 0 heterocycles. The van der Waals surface area contributed by atoms with Gasteiger partial charge in [-0.3, -0.25) is 4.79 Å². The number of nitrogens with zero attached hydrogens (tertiary/aromatic N) is 2. The van der Waals surface area contributed by atoms with Crippen molar-refractivity contribution in [3.05, 3.63) is 61.5 Å². The predicted octanol–water partition coefficient (Wildman–Crippen LogP) is 5.28. The van der Waals surface area contributed by atoms with Gasteiger partial charge < -0.3 is 10.1 Å². The Kier molecular flexibility index (Phi) is 7.18. The average Bonchev–Trinajstić information content (AvgIpc) is 2.61. The third-order valence-electron chi connectivity index (χ3n) is 3.61. The molecule has 27 heavy (non-hydrogen) atoms. The summed E-state index contributed by atoms with van der Waals surface area (Å²) in [5.74, 6) is -0.00607. The highest BCUT2D eigenvalue weighted by Gasteiger charge is 2.13. The second-order valence-electron chi connectivity index (χ2n) is 5.70. The minimum atomic E-state index is -0.485. The molecule has 0 saturated heterocycles. The molecule has 0 saturated carbocycles. The van der Waals surface area contributed by atoms with Gasteiger partial charge in [-0.25, -0.2) is 0 Å². The molecule has 5 nitrogen and oxygen atoms in total. The number of rotatable bonds is 5. The van der Waals surface area contributed by atoms with Gasteiger partial charge in [0.2, 0.25) is 0 Å². The fourth-order valence-corrected chi connectivity index (χ4v) is 3.81. The summed E-state index contributed by atoms with van der Waals surface area (Å²) >= 11 is 6.74. The predicted molar refractivity (Wildman–Crippen MR) is 111 cm³/mol. The van der Waals surface area contributed by atoms with Gasteiger partial charge in [0, 0.05) is 5.69 Å². The second kappa shape index (κ2) is 9.36. The van der Waals surface area contributed by atoms with E-state index in [0.29, 0.717) is 25.9 Å². The van der Waals surface area contributed by atoms with Gasteiger partial charge in [0.15, 0.2) is 6.61 Å². The van der Waals surface area contributed by atoms with Crippen LogP contribution < -0.4 is 10.1 Å². The summed E-state index contributed by atoms with van der Waals surface area (Å²) in [5, 5.41) is 20.8. The number of carbonyl (C=O) groups excluding carboxylic acids is 1. The number of hydrogen-bond donors (Lipinski definition) is 1. The van der Waals surface area contributed by atoms with E-state index >= 15 is 0 Å². The number of nitrogens with one attached hydrogen (secondary N) is 1. The fourth-order valence-electron chi connectivity index (χ4n) is 2.36. The Hall–Kier alpha value is -2.61. The average molecular weight is 489 g/mol. The van der Waals surface area contributed by atoms with Gasteiger partial charge in [-0.05, 0) is 81.1 Å². The van der Waals surface area contributed by atoms with Crippen LogP contribution in [0.5, 0.6) is 5.75 Å². The van der Waals surface area contributed by atoms with Gasteiger partial charge in [0.25, 0.3) is 5.91 Å². The van der Waals surface area contributed by atoms with Gasteiger partial charge in [-0.1, -0.05) is 17.7 Å². The molecule has 1 N–H and O–H groups in total. The Morgan fingerprint density at radius 2 is 1.85 bits per heavy atom. The van der Waals surface area contributed by atoms with Gasteiger partial charge in [-0.15, -0.1) is 0 Å². The van der Waals surface area contributed by atoms with Crippen LogP contribution in [0, 0.1) is 36.5 Å². The molecule has 0 unspecified atom stereocenters. The van der Waals surface area contributed by atoms with E-state index in [1.54, 1.807) is 12.1 Å². The molecule has 2 aromatic rings. The number of aryl methyl sites for hydroxylation is 2. The first kappa shape index (κ1) is 20.7. The van der Waals surface area contributed by atoms with E-state index in [9.17, 15) is 10.1 Å². The van der Waals surface area contributed by atoms with E-state index in [-0.39, 0.29) is 12.2 Å². The fraction of sp³-hybridized carbons (Fsp3) is 0.150. The highest BCUT2D eigenvalue weighted by Crippen LogP contribution is 2.35. The minimum Gasteiger partial charge on any atom is -0.476 e. The SMILES string of the molecule is Cc1ccc(NC(=O)/C(C#N)=C/c2cc(Br)c(OCC#N)c(Br)c2)c(C)c1. The first-order chi connectivity index (χ1) is 12.8. The summed E-state index contributed by atoms with van der Waals surface area (Å²) in [6.45, 7) is 3.78. The van der Waals surface area contributed by atoms with Gasteiger partial charge in [0.1, 0.15) is 23.5 Å². The van der Waals surface area contributed by atoms with Crippen LogP contribution in [-0.4, -0.2) is 12.5 Å². The lowest BCUT2D eigenvalue weighted by Crippen LogP contribution is -2.14. The molecule has 0 spiro atoms. The molecular weight excluding hydrogens is 474 g/mol. The van der Waals surface area contributed by atoms with Crippen molar-refractivity contribution in [2.24, 2.45) is 0 Å². The van der Waals surface area contributed by atoms with Crippen molar-refractivity contribution in [1.29, 1.82) is 10.5 Å². The van der Waals surface area contributed by atoms with Crippen LogP contribution in [0.2, 0.25) is 0 Å². The molecule has 0 aliphatic heterocycles. The van der Waals surface area contributed by atoms with Crippen LogP contribution in [0.15, 0.2) is 44.9 Å². The van der Waals surface area contributed by atoms with E-state index in [4.69, 9.17) is 10.00 Å². The maximum atomic E-state index is 12.5. The van der Waals surface area contributed by atoms with Crippen LogP contribution in [0.25, 0.3) is 6.08 Å². The summed E-state index contributed by atoms with van der Waals surface area (Å²) in [6, 6.07) is 12.9. The Morgan fingerprint density at radius 1 is 1.19 bits per heavy atom. The van der Waals surface area contributed by atoms with Crippen molar-refractivity contribution in [3.8, 4) is 17.9 Å². The zero-order chi connectivity index (χ0) is 20.0. The zero-order valence-corrected chi connectivity index (χ0v) is 17.8. The molecule has 2 aromatic carbocycles. The standard InChI is InChI=1S/C20H15Br2N3O2/c1-12-3-4-18(13(2)7-12)25-20(26)15(11-24)8-14-9-16(21)19(17(22)10-14)27-6-5-23/h3-4,7-10H,6H2,1-2H3,(H,25,26)/b15-8+. The molecule has 1 amide bonds. The highest BCUT2D eigenvalue weighted by molar-refractivity contribution is 9.11. The zero-order valence-electron chi connectivity index (χ0n) is 14.6. The number of ether oxygens (including phenoxy) is 1. The van der Waals surface area contributed by atoms with Gasteiger partial charge >= 0.3 is 0 Å². The van der Waals surface area contributed by atoms with Crippen LogP contribution in [0.1, 0.15) is 16.7 Å². The number of benzene rings is 2. The molecule has 136 valence electrons. The monoisotopic (exact) mass is 487 g/mol. The maximum absolute atomic E-state index is 12.5. The molecule has 0 aliphatic carbocycles.